The summed E-state index contributed by atoms with van der Waals surface area (Å²) in [7, 11) is 0. The van der Waals surface area contributed by atoms with Gasteiger partial charge in [0.25, 0.3) is 0 Å². The molecule has 102 valence electrons. The van der Waals surface area contributed by atoms with Gasteiger partial charge in [0.2, 0.25) is 0 Å². The van der Waals surface area contributed by atoms with Crippen molar-refractivity contribution in [2.45, 2.75) is 13.3 Å². The van der Waals surface area contributed by atoms with Gasteiger partial charge < -0.3 is 0 Å². The van der Waals surface area contributed by atoms with Gasteiger partial charge in [-0.1, -0.05) is 12.1 Å². The van der Waals surface area contributed by atoms with Crippen molar-refractivity contribution in [1.82, 2.24) is 4.90 Å². The Balaban J connectivity index is 1.88. The zero-order chi connectivity index (χ0) is 14.4. The molecule has 0 atom stereocenters. The summed E-state index contributed by atoms with van der Waals surface area (Å²) in [6.07, 6.45) is 6.01. The zero-order valence-corrected chi connectivity index (χ0v) is 11.4. The van der Waals surface area contributed by atoms with E-state index in [2.05, 4.69) is 9.98 Å². The molecule has 21 heavy (non-hydrogen) atoms. The molecule has 0 saturated heterocycles. The third-order valence-electron chi connectivity index (χ3n) is 3.56. The number of benzene rings is 1. The number of rotatable bonds is 1. The molecule has 0 amide bonds. The van der Waals surface area contributed by atoms with E-state index in [0.717, 1.165) is 23.0 Å². The van der Waals surface area contributed by atoms with Crippen molar-refractivity contribution in [2.75, 3.05) is 0 Å². The van der Waals surface area contributed by atoms with Crippen LogP contribution in [0, 0.1) is 0 Å². The second-order valence-electron chi connectivity index (χ2n) is 5.03. The van der Waals surface area contributed by atoms with Gasteiger partial charge in [-0.2, -0.15) is 0 Å². The molecule has 0 unspecified atom stereocenters. The van der Waals surface area contributed by atoms with Crippen LogP contribution in [0.1, 0.15) is 13.3 Å². The number of hydrogen-bond donors (Lipinski definition) is 0. The molecule has 0 fully saturated rings. The maximum atomic E-state index is 11.5. The first-order valence-electron chi connectivity index (χ1n) is 6.73. The minimum atomic E-state index is 0.0225. The Kier molecular flexibility index (Phi) is 2.47. The Bertz CT molecular complexity index is 811. The maximum absolute atomic E-state index is 11.5. The van der Waals surface area contributed by atoms with Crippen LogP contribution in [0.5, 0.6) is 0 Å². The van der Waals surface area contributed by atoms with E-state index in [1.54, 1.807) is 19.1 Å². The fraction of sp³-hybridized carbons (Fsp3) is 0.125. The molecule has 0 aromatic heterocycles. The summed E-state index contributed by atoms with van der Waals surface area (Å²) in [5.74, 6) is 2.31. The second kappa shape index (κ2) is 4.34. The van der Waals surface area contributed by atoms with Crippen molar-refractivity contribution < 1.29 is 4.79 Å². The van der Waals surface area contributed by atoms with E-state index in [9.17, 15) is 4.79 Å². The number of para-hydroxylation sites is 2. The molecule has 0 saturated carbocycles. The molecule has 2 bridgehead atoms. The van der Waals surface area contributed by atoms with Gasteiger partial charge in [0, 0.05) is 11.8 Å². The normalized spacial score (nSPS) is 18.6. The van der Waals surface area contributed by atoms with Gasteiger partial charge in [-0.05, 0) is 31.2 Å². The fourth-order valence-electron chi connectivity index (χ4n) is 2.50. The fourth-order valence-corrected chi connectivity index (χ4v) is 2.50. The van der Waals surface area contributed by atoms with Crippen LogP contribution in [0.15, 0.2) is 63.2 Å². The molecule has 5 heteroatoms. The molecule has 3 heterocycles. The van der Waals surface area contributed by atoms with Crippen molar-refractivity contribution in [2.24, 2.45) is 15.0 Å². The van der Waals surface area contributed by atoms with Crippen LogP contribution >= 0.6 is 0 Å². The summed E-state index contributed by atoms with van der Waals surface area (Å²) in [4.78, 5) is 27.2. The molecule has 1 aromatic carbocycles. The smallest absolute Gasteiger partial charge is 0.159 e. The lowest BCUT2D eigenvalue weighted by Crippen LogP contribution is -2.38. The Morgan fingerprint density at radius 2 is 1.90 bits per heavy atom. The first-order valence-corrected chi connectivity index (χ1v) is 6.73. The van der Waals surface area contributed by atoms with Crippen LogP contribution in [0.4, 0.5) is 11.4 Å². The molecule has 0 N–H and O–H groups in total. The van der Waals surface area contributed by atoms with Gasteiger partial charge in [-0.15, -0.1) is 0 Å². The average molecular weight is 276 g/mol. The Labute approximate surface area is 121 Å². The standard InChI is InChI=1S/C16H12N4O/c1-10(21)11-6-7-20-15(8-11)19-14-9-16(20)18-13-5-3-2-4-12(13)17-14/h2-8H,9H2,1H3. The number of carbonyl (C=O) groups excluding carboxylic acids is 1. The summed E-state index contributed by atoms with van der Waals surface area (Å²) < 4.78 is 0. The summed E-state index contributed by atoms with van der Waals surface area (Å²) in [5.41, 5.74) is 2.31. The number of fused-ring (bicyclic) bond motifs is 5. The highest BCUT2D eigenvalue weighted by Crippen LogP contribution is 2.33. The number of ketones is 1. The first-order chi connectivity index (χ1) is 10.2. The summed E-state index contributed by atoms with van der Waals surface area (Å²) in [6, 6.07) is 7.75. The molecule has 0 radical (unpaired) electrons. The third kappa shape index (κ3) is 1.94. The molecule has 3 aliphatic rings. The minimum Gasteiger partial charge on any atom is -0.295 e. The van der Waals surface area contributed by atoms with Crippen molar-refractivity contribution >= 4 is 34.7 Å². The van der Waals surface area contributed by atoms with Crippen LogP contribution in [0.3, 0.4) is 0 Å². The minimum absolute atomic E-state index is 0.0225. The highest BCUT2D eigenvalue weighted by atomic mass is 16.1. The molecule has 1 aromatic rings. The molecule has 5 nitrogen and oxygen atoms in total. The number of hydrogen-bond acceptors (Lipinski definition) is 5. The highest BCUT2D eigenvalue weighted by molar-refractivity contribution is 6.24. The summed E-state index contributed by atoms with van der Waals surface area (Å²) in [6.45, 7) is 1.55. The van der Waals surface area contributed by atoms with Crippen LogP contribution in [-0.2, 0) is 4.79 Å². The van der Waals surface area contributed by atoms with Crippen molar-refractivity contribution in [3.63, 3.8) is 0 Å². The lowest BCUT2D eigenvalue weighted by molar-refractivity contribution is -0.113. The molecule has 0 spiro atoms. The van der Waals surface area contributed by atoms with Gasteiger partial charge in [-0.3, -0.25) is 9.69 Å². The Morgan fingerprint density at radius 3 is 2.67 bits per heavy atom. The number of nitrogens with zero attached hydrogens (tertiary/aromatic N) is 4. The SMILES string of the molecule is CC(=O)C1=CC2=NC3=Nc4ccccc4N=C(C3)N2C=C1. The highest BCUT2D eigenvalue weighted by Gasteiger charge is 2.27. The average Bonchev–Trinajstić information content (AvgIpc) is 2.62. The van der Waals surface area contributed by atoms with Gasteiger partial charge in [0.05, 0.1) is 17.8 Å². The van der Waals surface area contributed by atoms with E-state index >= 15 is 0 Å². The van der Waals surface area contributed by atoms with E-state index in [1.807, 2.05) is 35.4 Å². The van der Waals surface area contributed by atoms with Crippen molar-refractivity contribution in [3.8, 4) is 0 Å². The number of Topliss-reactive ketones (excluding diaryl/α,β-unsaturated/α-hetero) is 1. The van der Waals surface area contributed by atoms with Gasteiger partial charge in [0.1, 0.15) is 17.5 Å². The van der Waals surface area contributed by atoms with E-state index in [0.29, 0.717) is 17.8 Å². The van der Waals surface area contributed by atoms with E-state index in [1.165, 1.54) is 0 Å². The third-order valence-corrected chi connectivity index (χ3v) is 3.56. The lowest BCUT2D eigenvalue weighted by Gasteiger charge is -2.28. The summed E-state index contributed by atoms with van der Waals surface area (Å²) in [5, 5.41) is 0. The molecule has 4 rings (SSSR count). The monoisotopic (exact) mass is 276 g/mol. The van der Waals surface area contributed by atoms with Gasteiger partial charge in [-0.25, -0.2) is 15.0 Å². The van der Waals surface area contributed by atoms with Gasteiger partial charge >= 0.3 is 0 Å². The van der Waals surface area contributed by atoms with E-state index in [4.69, 9.17) is 4.99 Å². The van der Waals surface area contributed by atoms with Crippen LogP contribution in [0.25, 0.3) is 0 Å². The molecule has 0 aliphatic carbocycles. The van der Waals surface area contributed by atoms with Crippen LogP contribution < -0.4 is 0 Å². The number of allylic oxidation sites excluding steroid dienone is 2. The second-order valence-corrected chi connectivity index (χ2v) is 5.03. The summed E-state index contributed by atoms with van der Waals surface area (Å²) >= 11 is 0. The number of aliphatic imine (C=N–C) groups is 3. The van der Waals surface area contributed by atoms with Crippen molar-refractivity contribution in [3.05, 3.63) is 48.2 Å². The molecular weight excluding hydrogens is 264 g/mol. The van der Waals surface area contributed by atoms with E-state index in [-0.39, 0.29) is 5.78 Å². The van der Waals surface area contributed by atoms with Crippen molar-refractivity contribution in [1.29, 1.82) is 0 Å². The largest absolute Gasteiger partial charge is 0.295 e. The van der Waals surface area contributed by atoms with Gasteiger partial charge in [0.15, 0.2) is 5.78 Å². The van der Waals surface area contributed by atoms with Crippen LogP contribution in [-0.4, -0.2) is 28.2 Å². The maximum Gasteiger partial charge on any atom is 0.159 e. The first kappa shape index (κ1) is 12.0. The quantitative estimate of drug-likeness (QED) is 0.791. The Hall–Kier alpha value is -2.82. The molecular formula is C16H12N4O. The predicted octanol–water partition coefficient (Wildman–Crippen LogP) is 2.91. The molecule has 3 aliphatic heterocycles. The predicted molar refractivity (Wildman–Crippen MR) is 82.4 cm³/mol. The van der Waals surface area contributed by atoms with E-state index < -0.39 is 0 Å². The Morgan fingerprint density at radius 1 is 1.14 bits per heavy atom. The topological polar surface area (TPSA) is 57.4 Å². The lowest BCUT2D eigenvalue weighted by atomic mass is 10.1. The van der Waals surface area contributed by atoms with Crippen LogP contribution in [0.2, 0.25) is 0 Å². The number of amidine groups is 3. The zero-order valence-electron chi connectivity index (χ0n) is 11.4. The number of carbonyl (C=O) groups is 1.